The van der Waals surface area contributed by atoms with Crippen LogP contribution in [-0.4, -0.2) is 15.5 Å². The van der Waals surface area contributed by atoms with Crippen molar-refractivity contribution >= 4 is 22.5 Å². The van der Waals surface area contributed by atoms with Gasteiger partial charge in [-0.1, -0.05) is 36.4 Å². The Morgan fingerprint density at radius 3 is 2.52 bits per heavy atom. The second-order valence-electron chi connectivity index (χ2n) is 5.94. The summed E-state index contributed by atoms with van der Waals surface area (Å²) in [5.74, 6) is 0.574. The lowest BCUT2D eigenvalue weighted by Gasteiger charge is -2.11. The number of hydrogen-bond acceptors (Lipinski definition) is 2. The predicted octanol–water partition coefficient (Wildman–Crippen LogP) is 4.59. The summed E-state index contributed by atoms with van der Waals surface area (Å²) in [5, 5.41) is 3.96. The van der Waals surface area contributed by atoms with E-state index in [1.807, 2.05) is 84.3 Å². The number of fused-ring (bicyclic) bond motifs is 1. The maximum Gasteiger partial charge on any atom is 0.272 e. The van der Waals surface area contributed by atoms with Gasteiger partial charge < -0.3 is 5.32 Å². The molecule has 1 N–H and O–H groups in total. The molecule has 0 aliphatic heterocycles. The molecule has 0 radical (unpaired) electrons. The van der Waals surface area contributed by atoms with Gasteiger partial charge in [0.15, 0.2) is 0 Å². The average molecular weight is 327 g/mol. The second-order valence-corrected chi connectivity index (χ2v) is 5.94. The number of benzene rings is 2. The summed E-state index contributed by atoms with van der Waals surface area (Å²) in [6, 6.07) is 23.2. The molecule has 1 amide bonds. The Balaban J connectivity index is 1.86. The Morgan fingerprint density at radius 2 is 1.72 bits per heavy atom. The molecule has 0 atom stereocenters. The highest BCUT2D eigenvalue weighted by Crippen LogP contribution is 2.24. The number of carbonyl (C=O) groups is 1. The molecule has 122 valence electrons. The molecule has 25 heavy (non-hydrogen) atoms. The van der Waals surface area contributed by atoms with Crippen LogP contribution in [0.25, 0.3) is 16.7 Å². The fraction of sp³-hybridized carbons (Fsp3) is 0.0476. The number of nitrogens with one attached hydrogen (secondary N) is 1. The van der Waals surface area contributed by atoms with Crippen molar-refractivity contribution in [3.63, 3.8) is 0 Å². The quantitative estimate of drug-likeness (QED) is 0.598. The fourth-order valence-electron chi connectivity index (χ4n) is 2.93. The molecule has 0 aliphatic rings. The van der Waals surface area contributed by atoms with Crippen LogP contribution < -0.4 is 5.32 Å². The summed E-state index contributed by atoms with van der Waals surface area (Å²) in [7, 11) is 0. The van der Waals surface area contributed by atoms with Crippen LogP contribution in [0.2, 0.25) is 0 Å². The van der Waals surface area contributed by atoms with Crippen molar-refractivity contribution in [2.45, 2.75) is 6.92 Å². The SMILES string of the molecule is Cc1ccnc(-n2c(C(=O)Nc3ccccc3)cc3ccccc32)c1. The molecule has 0 unspecified atom stereocenters. The van der Waals surface area contributed by atoms with E-state index in [4.69, 9.17) is 0 Å². The van der Waals surface area contributed by atoms with E-state index in [9.17, 15) is 4.79 Å². The zero-order valence-electron chi connectivity index (χ0n) is 13.8. The van der Waals surface area contributed by atoms with Crippen molar-refractivity contribution in [1.29, 1.82) is 0 Å². The molecule has 0 saturated heterocycles. The van der Waals surface area contributed by atoms with Gasteiger partial charge in [0.1, 0.15) is 11.5 Å². The van der Waals surface area contributed by atoms with Gasteiger partial charge in [-0.05, 0) is 48.9 Å². The van der Waals surface area contributed by atoms with Gasteiger partial charge in [-0.3, -0.25) is 9.36 Å². The van der Waals surface area contributed by atoms with E-state index in [1.54, 1.807) is 6.20 Å². The van der Waals surface area contributed by atoms with Crippen molar-refractivity contribution in [2.24, 2.45) is 0 Å². The maximum absolute atomic E-state index is 12.9. The highest BCUT2D eigenvalue weighted by Gasteiger charge is 2.17. The van der Waals surface area contributed by atoms with E-state index >= 15 is 0 Å². The van der Waals surface area contributed by atoms with Gasteiger partial charge >= 0.3 is 0 Å². The number of amides is 1. The topological polar surface area (TPSA) is 46.9 Å². The van der Waals surface area contributed by atoms with Gasteiger partial charge in [0.25, 0.3) is 5.91 Å². The van der Waals surface area contributed by atoms with Crippen LogP contribution in [0.4, 0.5) is 5.69 Å². The van der Waals surface area contributed by atoms with Gasteiger partial charge in [0, 0.05) is 17.3 Å². The zero-order chi connectivity index (χ0) is 17.2. The average Bonchev–Trinajstić information content (AvgIpc) is 3.02. The molecule has 4 heteroatoms. The predicted molar refractivity (Wildman–Crippen MR) is 100 cm³/mol. The standard InChI is InChI=1S/C21H17N3O/c1-15-11-12-22-20(13-15)24-18-10-6-5-7-16(18)14-19(24)21(25)23-17-8-3-2-4-9-17/h2-14H,1H3,(H,23,25). The first kappa shape index (κ1) is 15.1. The minimum absolute atomic E-state index is 0.161. The van der Waals surface area contributed by atoms with E-state index in [0.717, 1.165) is 28.0 Å². The van der Waals surface area contributed by atoms with Crippen molar-refractivity contribution < 1.29 is 4.79 Å². The molecule has 0 bridgehead atoms. The van der Waals surface area contributed by atoms with Crippen molar-refractivity contribution in [2.75, 3.05) is 5.32 Å². The molecule has 4 nitrogen and oxygen atoms in total. The Labute approximate surface area is 145 Å². The normalized spacial score (nSPS) is 10.8. The number of nitrogens with zero attached hydrogens (tertiary/aromatic N) is 2. The molecule has 4 rings (SSSR count). The van der Waals surface area contributed by atoms with Crippen LogP contribution in [0.3, 0.4) is 0 Å². The first-order chi connectivity index (χ1) is 12.2. The second kappa shape index (κ2) is 6.24. The maximum atomic E-state index is 12.9. The molecule has 2 aromatic carbocycles. The van der Waals surface area contributed by atoms with Crippen LogP contribution in [0.15, 0.2) is 79.0 Å². The summed E-state index contributed by atoms with van der Waals surface area (Å²) in [6.07, 6.45) is 1.76. The minimum atomic E-state index is -0.161. The number of hydrogen-bond donors (Lipinski definition) is 1. The number of aromatic nitrogens is 2. The molecule has 2 heterocycles. The van der Waals surface area contributed by atoms with Gasteiger partial charge in [-0.25, -0.2) is 4.98 Å². The Bertz CT molecular complexity index is 1050. The molecule has 0 spiro atoms. The molecular weight excluding hydrogens is 310 g/mol. The van der Waals surface area contributed by atoms with Crippen molar-refractivity contribution in [3.8, 4) is 5.82 Å². The summed E-state index contributed by atoms with van der Waals surface area (Å²) < 4.78 is 1.90. The molecular formula is C21H17N3O. The third-order valence-corrected chi connectivity index (χ3v) is 4.11. The third kappa shape index (κ3) is 2.90. The van der Waals surface area contributed by atoms with E-state index in [0.29, 0.717) is 5.69 Å². The smallest absolute Gasteiger partial charge is 0.272 e. The molecule has 0 saturated carbocycles. The lowest BCUT2D eigenvalue weighted by Crippen LogP contribution is -2.16. The Morgan fingerprint density at radius 1 is 0.960 bits per heavy atom. The third-order valence-electron chi connectivity index (χ3n) is 4.11. The summed E-state index contributed by atoms with van der Waals surface area (Å²) in [6.45, 7) is 2.01. The van der Waals surface area contributed by atoms with Gasteiger partial charge in [0.2, 0.25) is 0 Å². The Kier molecular flexibility index (Phi) is 3.78. The van der Waals surface area contributed by atoms with Crippen molar-refractivity contribution in [3.05, 3.63) is 90.3 Å². The van der Waals surface area contributed by atoms with E-state index < -0.39 is 0 Å². The van der Waals surface area contributed by atoms with E-state index in [-0.39, 0.29) is 5.91 Å². The van der Waals surface area contributed by atoms with Gasteiger partial charge in [-0.2, -0.15) is 0 Å². The molecule has 4 aromatic rings. The summed E-state index contributed by atoms with van der Waals surface area (Å²) >= 11 is 0. The van der Waals surface area contributed by atoms with Crippen LogP contribution in [-0.2, 0) is 0 Å². The van der Waals surface area contributed by atoms with Crippen LogP contribution >= 0.6 is 0 Å². The number of rotatable bonds is 3. The van der Waals surface area contributed by atoms with Crippen LogP contribution in [0.1, 0.15) is 16.1 Å². The molecule has 2 aromatic heterocycles. The lowest BCUT2D eigenvalue weighted by atomic mass is 10.2. The summed E-state index contributed by atoms with van der Waals surface area (Å²) in [4.78, 5) is 17.4. The summed E-state index contributed by atoms with van der Waals surface area (Å²) in [5.41, 5.74) is 3.38. The van der Waals surface area contributed by atoms with E-state index in [2.05, 4.69) is 10.3 Å². The number of pyridine rings is 1. The number of para-hydroxylation sites is 2. The van der Waals surface area contributed by atoms with Crippen LogP contribution in [0, 0.1) is 6.92 Å². The first-order valence-corrected chi connectivity index (χ1v) is 8.12. The van der Waals surface area contributed by atoms with Crippen molar-refractivity contribution in [1.82, 2.24) is 9.55 Å². The van der Waals surface area contributed by atoms with E-state index in [1.165, 1.54) is 0 Å². The number of aryl methyl sites for hydroxylation is 1. The minimum Gasteiger partial charge on any atom is -0.321 e. The van der Waals surface area contributed by atoms with Gasteiger partial charge in [0.05, 0.1) is 5.52 Å². The lowest BCUT2D eigenvalue weighted by molar-refractivity contribution is 0.102. The monoisotopic (exact) mass is 327 g/mol. The van der Waals surface area contributed by atoms with Crippen LogP contribution in [0.5, 0.6) is 0 Å². The largest absolute Gasteiger partial charge is 0.321 e. The zero-order valence-corrected chi connectivity index (χ0v) is 13.8. The Hall–Kier alpha value is -3.40. The fourth-order valence-corrected chi connectivity index (χ4v) is 2.93. The highest BCUT2D eigenvalue weighted by atomic mass is 16.1. The highest BCUT2D eigenvalue weighted by molar-refractivity contribution is 6.07. The number of anilines is 1. The first-order valence-electron chi connectivity index (χ1n) is 8.12. The van der Waals surface area contributed by atoms with Gasteiger partial charge in [-0.15, -0.1) is 0 Å². The molecule has 0 fully saturated rings. The number of carbonyl (C=O) groups excluding carboxylic acids is 1. The molecule has 0 aliphatic carbocycles.